The van der Waals surface area contributed by atoms with Crippen LogP contribution in [0.1, 0.15) is 51.9 Å². The summed E-state index contributed by atoms with van der Waals surface area (Å²) in [5.41, 5.74) is 0.531. The molecule has 0 aromatic carbocycles. The van der Waals surface area contributed by atoms with Gasteiger partial charge < -0.3 is 15.4 Å². The average Bonchev–Trinajstić information content (AvgIpc) is 3.54. The first-order valence-electron chi connectivity index (χ1n) is 10.8. The van der Waals surface area contributed by atoms with Crippen molar-refractivity contribution in [2.24, 2.45) is 11.8 Å². The summed E-state index contributed by atoms with van der Waals surface area (Å²) in [6.45, 7) is 5.90. The van der Waals surface area contributed by atoms with Crippen LogP contribution >= 0.6 is 11.6 Å². The predicted molar refractivity (Wildman–Crippen MR) is 109 cm³/mol. The van der Waals surface area contributed by atoms with Gasteiger partial charge in [0.15, 0.2) is 0 Å². The summed E-state index contributed by atoms with van der Waals surface area (Å²) in [6, 6.07) is 0. The summed E-state index contributed by atoms with van der Waals surface area (Å²) in [4.78, 5) is 35.2. The fourth-order valence-corrected chi connectivity index (χ4v) is 4.12. The molecule has 1 aliphatic heterocycles. The normalized spacial score (nSPS) is 34.2. The van der Waals surface area contributed by atoms with Crippen molar-refractivity contribution in [3.63, 3.8) is 0 Å². The Morgan fingerprint density at radius 3 is 2.67 bits per heavy atom. The molecule has 2 aliphatic carbocycles. The van der Waals surface area contributed by atoms with Gasteiger partial charge in [-0.2, -0.15) is 0 Å². The largest absolute Gasteiger partial charge is 0.368 e. The zero-order valence-electron chi connectivity index (χ0n) is 17.4. The monoisotopic (exact) mass is 446 g/mol. The van der Waals surface area contributed by atoms with Crippen molar-refractivity contribution < 1.29 is 28.5 Å². The first kappa shape index (κ1) is 23.4. The molecule has 2 N–H and O–H groups in total. The SMILES string of the molecule is C=C(CCNC(=O)COC1CCC(Cl)C(F)C1)NC(=O)C1CC(C2CC2)OOC1C. The van der Waals surface area contributed by atoms with Crippen LogP contribution in [0.5, 0.6) is 0 Å². The Morgan fingerprint density at radius 1 is 1.20 bits per heavy atom. The van der Waals surface area contributed by atoms with E-state index in [2.05, 4.69) is 17.2 Å². The smallest absolute Gasteiger partial charge is 0.246 e. The van der Waals surface area contributed by atoms with E-state index in [0.717, 1.165) is 12.8 Å². The molecule has 30 heavy (non-hydrogen) atoms. The van der Waals surface area contributed by atoms with E-state index in [4.69, 9.17) is 26.1 Å². The van der Waals surface area contributed by atoms with Crippen molar-refractivity contribution in [1.82, 2.24) is 10.6 Å². The highest BCUT2D eigenvalue weighted by atomic mass is 35.5. The maximum Gasteiger partial charge on any atom is 0.246 e. The standard InChI is InChI=1S/C21H32ClFN2O5/c1-12(25-21(27)16-10-19(14-3-4-14)30-29-13(16)2)7-8-24-20(26)11-28-15-5-6-17(22)18(23)9-15/h13-19H,1,3-11H2,2H3,(H,24,26)(H,25,27). The van der Waals surface area contributed by atoms with E-state index < -0.39 is 11.5 Å². The van der Waals surface area contributed by atoms with Crippen molar-refractivity contribution in [3.05, 3.63) is 12.3 Å². The summed E-state index contributed by atoms with van der Waals surface area (Å²) >= 11 is 5.85. The van der Waals surface area contributed by atoms with E-state index in [9.17, 15) is 14.0 Å². The molecule has 3 rings (SSSR count). The highest BCUT2D eigenvalue weighted by molar-refractivity contribution is 6.21. The molecular weight excluding hydrogens is 415 g/mol. The number of halogens is 2. The van der Waals surface area contributed by atoms with Crippen LogP contribution in [0.25, 0.3) is 0 Å². The molecular formula is C21H32ClFN2O5. The number of amides is 2. The van der Waals surface area contributed by atoms with Crippen LogP contribution in [0, 0.1) is 11.8 Å². The number of hydrogen-bond acceptors (Lipinski definition) is 5. The van der Waals surface area contributed by atoms with E-state index >= 15 is 0 Å². The maximum atomic E-state index is 13.6. The number of alkyl halides is 2. The Hall–Kier alpha value is -1.22. The maximum absolute atomic E-state index is 13.6. The van der Waals surface area contributed by atoms with E-state index in [1.807, 2.05) is 6.92 Å². The zero-order valence-corrected chi connectivity index (χ0v) is 18.2. The van der Waals surface area contributed by atoms with Gasteiger partial charge in [-0.3, -0.25) is 9.59 Å². The van der Waals surface area contributed by atoms with E-state index in [1.165, 1.54) is 0 Å². The predicted octanol–water partition coefficient (Wildman–Crippen LogP) is 2.77. The van der Waals surface area contributed by atoms with Crippen molar-refractivity contribution in [3.8, 4) is 0 Å². The molecule has 2 amide bonds. The van der Waals surface area contributed by atoms with Crippen molar-refractivity contribution in [2.75, 3.05) is 13.2 Å². The highest BCUT2D eigenvalue weighted by Gasteiger charge is 2.42. The molecule has 6 atom stereocenters. The van der Waals surface area contributed by atoms with Gasteiger partial charge in [-0.15, -0.1) is 11.6 Å². The first-order chi connectivity index (χ1) is 14.3. The quantitative estimate of drug-likeness (QED) is 0.420. The molecule has 9 heteroatoms. The van der Waals surface area contributed by atoms with Gasteiger partial charge in [-0.05, 0) is 44.9 Å². The molecule has 0 spiro atoms. The minimum Gasteiger partial charge on any atom is -0.368 e. The fourth-order valence-electron chi connectivity index (χ4n) is 3.89. The molecule has 0 bridgehead atoms. The van der Waals surface area contributed by atoms with Crippen LogP contribution in [-0.2, 0) is 24.1 Å². The summed E-state index contributed by atoms with van der Waals surface area (Å²) < 4.78 is 19.1. The minimum atomic E-state index is -1.09. The van der Waals surface area contributed by atoms with Gasteiger partial charge in [0.05, 0.1) is 23.5 Å². The molecule has 1 saturated heterocycles. The molecule has 3 aliphatic rings. The lowest BCUT2D eigenvalue weighted by Crippen LogP contribution is -2.44. The number of rotatable bonds is 9. The number of carbonyl (C=O) groups is 2. The second-order valence-corrected chi connectivity index (χ2v) is 9.15. The molecule has 1 heterocycles. The van der Waals surface area contributed by atoms with Crippen molar-refractivity contribution in [2.45, 2.75) is 81.7 Å². The molecule has 0 radical (unpaired) electrons. The summed E-state index contributed by atoms with van der Waals surface area (Å²) in [6.07, 6.45) is 3.01. The van der Waals surface area contributed by atoms with Crippen LogP contribution in [0.15, 0.2) is 12.3 Å². The molecule has 2 saturated carbocycles. The van der Waals surface area contributed by atoms with Gasteiger partial charge in [0.2, 0.25) is 11.8 Å². The van der Waals surface area contributed by atoms with Gasteiger partial charge in [0, 0.05) is 25.1 Å². The van der Waals surface area contributed by atoms with E-state index in [-0.39, 0.29) is 49.1 Å². The topological polar surface area (TPSA) is 85.9 Å². The number of nitrogens with one attached hydrogen (secondary N) is 2. The van der Waals surface area contributed by atoms with E-state index in [0.29, 0.717) is 43.8 Å². The molecule has 0 aromatic rings. The summed E-state index contributed by atoms with van der Waals surface area (Å²) in [5.74, 6) is -0.205. The van der Waals surface area contributed by atoms with Gasteiger partial charge in [0.1, 0.15) is 18.9 Å². The van der Waals surface area contributed by atoms with Gasteiger partial charge in [-0.25, -0.2) is 14.2 Å². The summed E-state index contributed by atoms with van der Waals surface area (Å²) in [7, 11) is 0. The van der Waals surface area contributed by atoms with Gasteiger partial charge in [0.25, 0.3) is 0 Å². The number of hydrogen-bond donors (Lipinski definition) is 2. The molecule has 7 nitrogen and oxygen atoms in total. The molecule has 6 unspecified atom stereocenters. The number of ether oxygens (including phenoxy) is 1. The molecule has 3 fully saturated rings. The van der Waals surface area contributed by atoms with Crippen LogP contribution in [0.4, 0.5) is 4.39 Å². The van der Waals surface area contributed by atoms with Crippen molar-refractivity contribution >= 4 is 23.4 Å². The van der Waals surface area contributed by atoms with Crippen LogP contribution in [-0.4, -0.2) is 54.8 Å². The highest BCUT2D eigenvalue weighted by Crippen LogP contribution is 2.40. The Balaban J connectivity index is 1.29. The minimum absolute atomic E-state index is 0.0170. The van der Waals surface area contributed by atoms with Crippen LogP contribution < -0.4 is 10.6 Å². The summed E-state index contributed by atoms with van der Waals surface area (Å²) in [5, 5.41) is 5.08. The Morgan fingerprint density at radius 2 is 1.97 bits per heavy atom. The van der Waals surface area contributed by atoms with Crippen molar-refractivity contribution in [1.29, 1.82) is 0 Å². The Labute approximate surface area is 181 Å². The second kappa shape index (κ2) is 10.9. The Bertz CT molecular complexity index is 633. The lowest BCUT2D eigenvalue weighted by molar-refractivity contribution is -0.382. The molecule has 0 aromatic heterocycles. The number of carbonyl (C=O) groups excluding carboxylic acids is 2. The fraction of sp³-hybridized carbons (Fsp3) is 0.810. The third kappa shape index (κ3) is 6.90. The van der Waals surface area contributed by atoms with Gasteiger partial charge >= 0.3 is 0 Å². The Kier molecular flexibility index (Phi) is 8.51. The first-order valence-corrected chi connectivity index (χ1v) is 11.2. The third-order valence-electron chi connectivity index (χ3n) is 6.01. The lowest BCUT2D eigenvalue weighted by atomic mass is 9.92. The third-order valence-corrected chi connectivity index (χ3v) is 6.50. The zero-order chi connectivity index (χ0) is 21.7. The van der Waals surface area contributed by atoms with Gasteiger partial charge in [-0.1, -0.05) is 6.58 Å². The molecule has 170 valence electrons. The van der Waals surface area contributed by atoms with Crippen LogP contribution in [0.3, 0.4) is 0 Å². The lowest BCUT2D eigenvalue weighted by Gasteiger charge is -2.32. The average molecular weight is 447 g/mol. The van der Waals surface area contributed by atoms with E-state index in [1.54, 1.807) is 0 Å². The second-order valence-electron chi connectivity index (χ2n) is 8.59. The van der Waals surface area contributed by atoms with Crippen LogP contribution in [0.2, 0.25) is 0 Å².